The van der Waals surface area contributed by atoms with Crippen molar-refractivity contribution in [3.8, 4) is 11.4 Å². The number of amides is 1. The molecular weight excluding hydrogens is 412 g/mol. The Kier molecular flexibility index (Phi) is 7.02. The highest BCUT2D eigenvalue weighted by atomic mass is 32.2. The minimum Gasteiger partial charge on any atom is -0.355 e. The summed E-state index contributed by atoms with van der Waals surface area (Å²) in [5.41, 5.74) is 3.85. The second kappa shape index (κ2) is 10.1. The predicted octanol–water partition coefficient (Wildman–Crippen LogP) is 4.52. The van der Waals surface area contributed by atoms with E-state index in [1.165, 1.54) is 52.6 Å². The number of carbonyl (C=O) groups excluding carboxylic acids is 1. The molecule has 0 atom stereocenters. The van der Waals surface area contributed by atoms with Gasteiger partial charge in [0.1, 0.15) is 0 Å². The molecule has 1 aliphatic carbocycles. The normalized spacial score (nSPS) is 13.1. The first-order valence-electron chi connectivity index (χ1n) is 10.3. The lowest BCUT2D eigenvalue weighted by atomic mass is 9.95. The number of fused-ring (bicyclic) bond motifs is 1. The third kappa shape index (κ3) is 4.84. The van der Waals surface area contributed by atoms with Gasteiger partial charge in [-0.05, 0) is 43.2 Å². The molecule has 1 aromatic carbocycles. The average Bonchev–Trinajstić information content (AvgIpc) is 3.37. The first-order chi connectivity index (χ1) is 14.8. The minimum absolute atomic E-state index is 0.0125. The summed E-state index contributed by atoms with van der Waals surface area (Å²) in [6, 6.07) is 10.2. The van der Waals surface area contributed by atoms with E-state index < -0.39 is 0 Å². The standard InChI is InChI=1S/C23H26N4OS2/c1-2-14-27-22(19-15-29-20-11-7-6-10-18(19)20)25-26-23(27)30-16-21(28)24-13-12-17-8-4-3-5-9-17/h2-5,8-9,15H,1,6-7,10-14,16H2,(H,24,28). The number of carbonyl (C=O) groups is 1. The van der Waals surface area contributed by atoms with E-state index in [-0.39, 0.29) is 5.91 Å². The topological polar surface area (TPSA) is 59.8 Å². The number of allylic oxidation sites excluding steroid dienone is 1. The van der Waals surface area contributed by atoms with E-state index in [2.05, 4.69) is 44.2 Å². The first-order valence-corrected chi connectivity index (χ1v) is 12.2. The molecular formula is C23H26N4OS2. The Morgan fingerprint density at radius 2 is 2.07 bits per heavy atom. The molecule has 0 spiro atoms. The number of rotatable bonds is 9. The van der Waals surface area contributed by atoms with E-state index in [1.54, 1.807) is 0 Å². The number of aromatic nitrogens is 3. The Hall–Kier alpha value is -2.38. The predicted molar refractivity (Wildman–Crippen MR) is 124 cm³/mol. The van der Waals surface area contributed by atoms with Crippen molar-refractivity contribution in [2.45, 2.75) is 43.8 Å². The zero-order chi connectivity index (χ0) is 20.8. The van der Waals surface area contributed by atoms with Crippen LogP contribution in [0.2, 0.25) is 0 Å². The molecule has 7 heteroatoms. The Bertz CT molecular complexity index is 1010. The van der Waals surface area contributed by atoms with Gasteiger partial charge in [0.2, 0.25) is 5.91 Å². The summed E-state index contributed by atoms with van der Waals surface area (Å²) >= 11 is 3.26. The summed E-state index contributed by atoms with van der Waals surface area (Å²) in [6.45, 7) is 5.15. The maximum absolute atomic E-state index is 12.3. The van der Waals surface area contributed by atoms with Crippen LogP contribution in [0.5, 0.6) is 0 Å². The smallest absolute Gasteiger partial charge is 0.230 e. The molecule has 4 rings (SSSR count). The van der Waals surface area contributed by atoms with Crippen LogP contribution in [0.3, 0.4) is 0 Å². The van der Waals surface area contributed by atoms with Crippen molar-refractivity contribution < 1.29 is 4.79 Å². The van der Waals surface area contributed by atoms with Gasteiger partial charge in [-0.3, -0.25) is 9.36 Å². The fraction of sp³-hybridized carbons (Fsp3) is 0.348. The Labute approximate surface area is 185 Å². The van der Waals surface area contributed by atoms with Crippen molar-refractivity contribution >= 4 is 29.0 Å². The second-order valence-electron chi connectivity index (χ2n) is 7.34. The maximum atomic E-state index is 12.3. The molecule has 2 aromatic heterocycles. The lowest BCUT2D eigenvalue weighted by Crippen LogP contribution is -2.27. The summed E-state index contributed by atoms with van der Waals surface area (Å²) in [6.07, 6.45) is 7.47. The molecule has 3 aromatic rings. The minimum atomic E-state index is 0.0125. The maximum Gasteiger partial charge on any atom is 0.230 e. The second-order valence-corrected chi connectivity index (χ2v) is 9.24. The molecule has 0 bridgehead atoms. The van der Waals surface area contributed by atoms with Gasteiger partial charge < -0.3 is 5.32 Å². The molecule has 0 aliphatic heterocycles. The highest BCUT2D eigenvalue weighted by Gasteiger charge is 2.22. The van der Waals surface area contributed by atoms with Crippen LogP contribution >= 0.6 is 23.1 Å². The van der Waals surface area contributed by atoms with Gasteiger partial charge in [-0.2, -0.15) is 0 Å². The number of aryl methyl sites for hydroxylation is 1. The van der Waals surface area contributed by atoms with E-state index in [0.29, 0.717) is 18.8 Å². The lowest BCUT2D eigenvalue weighted by Gasteiger charge is -2.13. The molecule has 2 heterocycles. The molecule has 5 nitrogen and oxygen atoms in total. The molecule has 1 amide bonds. The number of hydrogen-bond acceptors (Lipinski definition) is 5. The molecule has 0 fully saturated rings. The number of hydrogen-bond donors (Lipinski definition) is 1. The van der Waals surface area contributed by atoms with Crippen molar-refractivity contribution in [3.05, 3.63) is 64.4 Å². The zero-order valence-corrected chi connectivity index (χ0v) is 18.6. The zero-order valence-electron chi connectivity index (χ0n) is 17.0. The van der Waals surface area contributed by atoms with Crippen molar-refractivity contribution in [1.82, 2.24) is 20.1 Å². The third-order valence-electron chi connectivity index (χ3n) is 5.24. The van der Waals surface area contributed by atoms with Gasteiger partial charge in [0.05, 0.1) is 5.75 Å². The van der Waals surface area contributed by atoms with Crippen LogP contribution in [0.1, 0.15) is 28.8 Å². The van der Waals surface area contributed by atoms with Gasteiger partial charge in [-0.15, -0.1) is 28.1 Å². The van der Waals surface area contributed by atoms with Crippen molar-refractivity contribution in [3.63, 3.8) is 0 Å². The van der Waals surface area contributed by atoms with Crippen molar-refractivity contribution in [2.24, 2.45) is 0 Å². The van der Waals surface area contributed by atoms with Crippen LogP contribution in [0.4, 0.5) is 0 Å². The highest BCUT2D eigenvalue weighted by Crippen LogP contribution is 2.36. The number of thioether (sulfide) groups is 1. The van der Waals surface area contributed by atoms with E-state index in [4.69, 9.17) is 0 Å². The molecule has 1 N–H and O–H groups in total. The van der Waals surface area contributed by atoms with Crippen LogP contribution in [-0.4, -0.2) is 33.0 Å². The van der Waals surface area contributed by atoms with Crippen LogP contribution in [-0.2, 0) is 30.6 Å². The summed E-state index contributed by atoms with van der Waals surface area (Å²) < 4.78 is 2.08. The molecule has 1 aliphatic rings. The summed E-state index contributed by atoms with van der Waals surface area (Å²) in [5.74, 6) is 1.23. The third-order valence-corrected chi connectivity index (χ3v) is 7.30. The lowest BCUT2D eigenvalue weighted by molar-refractivity contribution is -0.118. The van der Waals surface area contributed by atoms with E-state index in [9.17, 15) is 4.79 Å². The van der Waals surface area contributed by atoms with Crippen molar-refractivity contribution in [1.29, 1.82) is 0 Å². The van der Waals surface area contributed by atoms with Crippen molar-refractivity contribution in [2.75, 3.05) is 12.3 Å². The number of benzene rings is 1. The van der Waals surface area contributed by atoms with Gasteiger partial charge in [-0.25, -0.2) is 0 Å². The number of thiophene rings is 1. The van der Waals surface area contributed by atoms with E-state index in [0.717, 1.165) is 23.8 Å². The Morgan fingerprint density at radius 3 is 2.90 bits per heavy atom. The molecule has 0 radical (unpaired) electrons. The monoisotopic (exact) mass is 438 g/mol. The molecule has 0 saturated heterocycles. The molecule has 30 heavy (non-hydrogen) atoms. The van der Waals surface area contributed by atoms with Crippen LogP contribution in [0.15, 0.2) is 53.5 Å². The van der Waals surface area contributed by atoms with Gasteiger partial charge in [-0.1, -0.05) is 48.2 Å². The molecule has 0 saturated carbocycles. The summed E-state index contributed by atoms with van der Waals surface area (Å²) in [4.78, 5) is 13.8. The number of nitrogens with one attached hydrogen (secondary N) is 1. The fourth-order valence-corrected chi connectivity index (χ4v) is 5.64. The van der Waals surface area contributed by atoms with E-state index in [1.807, 2.05) is 35.6 Å². The van der Waals surface area contributed by atoms with Crippen LogP contribution in [0.25, 0.3) is 11.4 Å². The number of nitrogens with zero attached hydrogens (tertiary/aromatic N) is 3. The Balaban J connectivity index is 1.39. The molecule has 156 valence electrons. The van der Waals surface area contributed by atoms with E-state index >= 15 is 0 Å². The van der Waals surface area contributed by atoms with Gasteiger partial charge in [0.25, 0.3) is 0 Å². The highest BCUT2D eigenvalue weighted by molar-refractivity contribution is 7.99. The summed E-state index contributed by atoms with van der Waals surface area (Å²) in [5, 5.41) is 14.8. The quantitative estimate of drug-likeness (QED) is 0.394. The van der Waals surface area contributed by atoms with Crippen LogP contribution < -0.4 is 5.32 Å². The Morgan fingerprint density at radius 1 is 1.23 bits per heavy atom. The largest absolute Gasteiger partial charge is 0.355 e. The molecule has 0 unspecified atom stereocenters. The van der Waals surface area contributed by atoms with Crippen LogP contribution in [0, 0.1) is 0 Å². The SMILES string of the molecule is C=CCn1c(SCC(=O)NCCc2ccccc2)nnc1-c1csc2c1CCCC2. The average molecular weight is 439 g/mol. The fourth-order valence-electron chi connectivity index (χ4n) is 3.74. The van der Waals surface area contributed by atoms with Gasteiger partial charge >= 0.3 is 0 Å². The first kappa shape index (κ1) is 20.9. The summed E-state index contributed by atoms with van der Waals surface area (Å²) in [7, 11) is 0. The van der Waals surface area contributed by atoms with Gasteiger partial charge in [0, 0.05) is 28.9 Å². The van der Waals surface area contributed by atoms with Gasteiger partial charge in [0.15, 0.2) is 11.0 Å².